The monoisotopic (exact) mass is 389 g/mol. The molecular weight excluding hydrogens is 368 g/mol. The zero-order chi connectivity index (χ0) is 19.6. The number of fused-ring (bicyclic) bond motifs is 2. The van der Waals surface area contributed by atoms with Gasteiger partial charge in [0, 0.05) is 37.9 Å². The number of anilines is 1. The third-order valence-electron chi connectivity index (χ3n) is 6.26. The van der Waals surface area contributed by atoms with E-state index in [9.17, 15) is 19.1 Å². The van der Waals surface area contributed by atoms with E-state index in [4.69, 9.17) is 0 Å². The van der Waals surface area contributed by atoms with Crippen molar-refractivity contribution < 1.29 is 18.7 Å². The van der Waals surface area contributed by atoms with Crippen molar-refractivity contribution in [1.29, 1.82) is 0 Å². The summed E-state index contributed by atoms with van der Waals surface area (Å²) < 4.78 is 32.1. The molecule has 3 aliphatic rings. The summed E-state index contributed by atoms with van der Waals surface area (Å²) >= 11 is 0. The Balaban J connectivity index is 1.69. The number of piperazine rings is 1. The molecule has 0 spiro atoms. The molecule has 1 saturated carbocycles. The van der Waals surface area contributed by atoms with E-state index in [2.05, 4.69) is 4.90 Å². The Kier molecular flexibility index (Phi) is 3.94. The minimum atomic E-state index is -1.39. The summed E-state index contributed by atoms with van der Waals surface area (Å²) in [6.45, 7) is 2.87. The Labute approximate surface area is 160 Å². The molecule has 1 atom stereocenters. The van der Waals surface area contributed by atoms with Crippen molar-refractivity contribution in [2.45, 2.75) is 37.8 Å². The zero-order valence-electron chi connectivity index (χ0n) is 15.3. The highest BCUT2D eigenvalue weighted by atomic mass is 19.1. The van der Waals surface area contributed by atoms with Crippen LogP contribution in [0.15, 0.2) is 17.1 Å². The maximum Gasteiger partial charge on any atom is 0.341 e. The summed E-state index contributed by atoms with van der Waals surface area (Å²) in [4.78, 5) is 28.1. The summed E-state index contributed by atoms with van der Waals surface area (Å²) in [6.07, 6.45) is 4.89. The highest BCUT2D eigenvalue weighted by molar-refractivity contribution is 5.94. The standard InChI is InChI=1S/C20H21F2N3O3/c21-15-8-13-17(25(11-3-4-11)10-14(19(13)26)20(27)28)16(22)18(15)24-7-6-23-5-1-2-12(23)9-24/h8,10-12H,1-7,9H2,(H,27,28)/t12-/m1/s1. The lowest BCUT2D eigenvalue weighted by Crippen LogP contribution is -2.50. The number of pyridine rings is 1. The quantitative estimate of drug-likeness (QED) is 0.874. The van der Waals surface area contributed by atoms with Crippen LogP contribution < -0.4 is 10.3 Å². The lowest BCUT2D eigenvalue weighted by Gasteiger charge is -2.39. The van der Waals surface area contributed by atoms with Crippen LogP contribution in [0, 0.1) is 11.6 Å². The third-order valence-corrected chi connectivity index (χ3v) is 6.26. The normalized spacial score (nSPS) is 22.6. The largest absolute Gasteiger partial charge is 0.477 e. The van der Waals surface area contributed by atoms with E-state index >= 15 is 4.39 Å². The zero-order valence-corrected chi connectivity index (χ0v) is 15.3. The molecule has 8 heteroatoms. The number of aromatic carboxylic acids is 1. The van der Waals surface area contributed by atoms with Gasteiger partial charge in [-0.25, -0.2) is 13.6 Å². The van der Waals surface area contributed by atoms with Gasteiger partial charge in [-0.2, -0.15) is 0 Å². The second-order valence-electron chi connectivity index (χ2n) is 8.01. The highest BCUT2D eigenvalue weighted by Crippen LogP contribution is 2.40. The average Bonchev–Trinajstić information content (AvgIpc) is 3.39. The number of carbonyl (C=O) groups is 1. The summed E-state index contributed by atoms with van der Waals surface area (Å²) in [7, 11) is 0. The van der Waals surface area contributed by atoms with Crippen molar-refractivity contribution in [3.05, 3.63) is 39.7 Å². The molecule has 0 radical (unpaired) electrons. The molecule has 5 rings (SSSR count). The van der Waals surface area contributed by atoms with Gasteiger partial charge in [-0.1, -0.05) is 0 Å². The SMILES string of the molecule is O=C(O)c1cn(C2CC2)c2c(F)c(N3CCN4CCC[C@@H]4C3)c(F)cc2c1=O. The van der Waals surface area contributed by atoms with Crippen molar-refractivity contribution in [3.8, 4) is 0 Å². The number of aromatic nitrogens is 1. The van der Waals surface area contributed by atoms with Gasteiger partial charge in [0.1, 0.15) is 17.1 Å². The summed E-state index contributed by atoms with van der Waals surface area (Å²) in [6, 6.07) is 1.26. The number of halogens is 2. The van der Waals surface area contributed by atoms with Crippen LogP contribution in [0.5, 0.6) is 0 Å². The molecular formula is C20H21F2N3O3. The van der Waals surface area contributed by atoms with E-state index in [-0.39, 0.29) is 22.6 Å². The maximum absolute atomic E-state index is 15.6. The summed E-state index contributed by atoms with van der Waals surface area (Å²) in [5.74, 6) is -2.95. The van der Waals surface area contributed by atoms with Gasteiger partial charge in [-0.15, -0.1) is 0 Å². The fraction of sp³-hybridized carbons (Fsp3) is 0.500. The van der Waals surface area contributed by atoms with E-state index in [0.29, 0.717) is 19.1 Å². The average molecular weight is 389 g/mol. The van der Waals surface area contributed by atoms with E-state index in [1.54, 1.807) is 4.90 Å². The Morgan fingerprint density at radius 3 is 2.61 bits per heavy atom. The Bertz CT molecular complexity index is 1050. The first-order chi connectivity index (χ1) is 13.5. The summed E-state index contributed by atoms with van der Waals surface area (Å²) in [5, 5.41) is 9.12. The highest BCUT2D eigenvalue weighted by Gasteiger charge is 2.35. The number of nitrogens with zero attached hydrogens (tertiary/aromatic N) is 3. The molecule has 3 heterocycles. The number of hydrogen-bond donors (Lipinski definition) is 1. The van der Waals surface area contributed by atoms with E-state index < -0.39 is 28.6 Å². The molecule has 148 valence electrons. The van der Waals surface area contributed by atoms with Gasteiger partial charge in [-0.05, 0) is 38.3 Å². The first-order valence-electron chi connectivity index (χ1n) is 9.75. The number of carboxylic acid groups (broad SMARTS) is 1. The fourth-order valence-corrected chi connectivity index (χ4v) is 4.71. The Hall–Kier alpha value is -2.48. The number of hydrogen-bond acceptors (Lipinski definition) is 4. The van der Waals surface area contributed by atoms with Crippen LogP contribution in [-0.2, 0) is 0 Å². The molecule has 6 nitrogen and oxygen atoms in total. The molecule has 1 N–H and O–H groups in total. The minimum Gasteiger partial charge on any atom is -0.477 e. The molecule has 2 aromatic rings. The van der Waals surface area contributed by atoms with Crippen molar-refractivity contribution in [1.82, 2.24) is 9.47 Å². The number of rotatable bonds is 3. The molecule has 0 amide bonds. The summed E-state index contributed by atoms with van der Waals surface area (Å²) in [5.41, 5.74) is -1.38. The number of benzene rings is 1. The van der Waals surface area contributed by atoms with E-state index in [1.165, 1.54) is 10.8 Å². The fourth-order valence-electron chi connectivity index (χ4n) is 4.71. The molecule has 0 bridgehead atoms. The predicted octanol–water partition coefficient (Wildman–Crippen LogP) is 2.60. The van der Waals surface area contributed by atoms with Gasteiger partial charge in [-0.3, -0.25) is 9.69 Å². The molecule has 0 unspecified atom stereocenters. The first-order valence-corrected chi connectivity index (χ1v) is 9.75. The Morgan fingerprint density at radius 2 is 1.89 bits per heavy atom. The molecule has 1 aromatic heterocycles. The van der Waals surface area contributed by atoms with Crippen molar-refractivity contribution >= 4 is 22.6 Å². The van der Waals surface area contributed by atoms with Crippen LogP contribution in [0.1, 0.15) is 42.1 Å². The van der Waals surface area contributed by atoms with Gasteiger partial charge in [0.25, 0.3) is 0 Å². The lowest BCUT2D eigenvalue weighted by atomic mass is 10.1. The lowest BCUT2D eigenvalue weighted by molar-refractivity contribution is 0.0695. The Morgan fingerprint density at radius 1 is 1.11 bits per heavy atom. The van der Waals surface area contributed by atoms with Gasteiger partial charge in [0.15, 0.2) is 5.82 Å². The van der Waals surface area contributed by atoms with Crippen LogP contribution in [0.4, 0.5) is 14.5 Å². The molecule has 1 aliphatic carbocycles. The van der Waals surface area contributed by atoms with Crippen LogP contribution in [0.25, 0.3) is 10.9 Å². The van der Waals surface area contributed by atoms with E-state index in [0.717, 1.165) is 44.8 Å². The maximum atomic E-state index is 15.6. The third kappa shape index (κ3) is 2.62. The van der Waals surface area contributed by atoms with Crippen molar-refractivity contribution in [2.75, 3.05) is 31.1 Å². The molecule has 1 aromatic carbocycles. The van der Waals surface area contributed by atoms with Gasteiger partial charge in [0.2, 0.25) is 5.43 Å². The van der Waals surface area contributed by atoms with Crippen LogP contribution in [-0.4, -0.2) is 52.8 Å². The first kappa shape index (κ1) is 17.6. The topological polar surface area (TPSA) is 65.8 Å². The van der Waals surface area contributed by atoms with Crippen LogP contribution in [0.3, 0.4) is 0 Å². The van der Waals surface area contributed by atoms with Gasteiger partial charge < -0.3 is 14.6 Å². The van der Waals surface area contributed by atoms with Crippen molar-refractivity contribution in [2.24, 2.45) is 0 Å². The second-order valence-corrected chi connectivity index (χ2v) is 8.01. The van der Waals surface area contributed by atoms with Crippen LogP contribution >= 0.6 is 0 Å². The molecule has 28 heavy (non-hydrogen) atoms. The van der Waals surface area contributed by atoms with E-state index in [1.807, 2.05) is 0 Å². The predicted molar refractivity (Wildman–Crippen MR) is 100 cm³/mol. The number of carboxylic acids is 1. The molecule has 3 fully saturated rings. The molecule has 2 aliphatic heterocycles. The van der Waals surface area contributed by atoms with Crippen molar-refractivity contribution in [3.63, 3.8) is 0 Å². The van der Waals surface area contributed by atoms with Crippen LogP contribution in [0.2, 0.25) is 0 Å². The van der Waals surface area contributed by atoms with Gasteiger partial charge in [0.05, 0.1) is 10.9 Å². The second kappa shape index (κ2) is 6.27. The molecule has 2 saturated heterocycles. The van der Waals surface area contributed by atoms with Gasteiger partial charge >= 0.3 is 5.97 Å². The minimum absolute atomic E-state index is 0.0164. The smallest absolute Gasteiger partial charge is 0.341 e.